The number of aryl methyl sites for hydroxylation is 3. The van der Waals surface area contributed by atoms with Crippen molar-refractivity contribution in [2.45, 2.75) is 46.2 Å². The Morgan fingerprint density at radius 2 is 2.20 bits per heavy atom. The molecule has 0 bridgehead atoms. The Hall–Kier alpha value is -1.56. The Morgan fingerprint density at radius 3 is 2.90 bits per heavy atom. The molecule has 0 aromatic carbocycles. The number of fused-ring (bicyclic) bond motifs is 1. The largest absolute Gasteiger partial charge is 0.381 e. The molecule has 2 aromatic rings. The first-order valence-corrected chi connectivity index (χ1v) is 7.47. The second-order valence-electron chi connectivity index (χ2n) is 5.57. The van der Waals surface area contributed by atoms with Gasteiger partial charge in [-0.3, -0.25) is 4.57 Å². The number of aromatic nitrogens is 4. The van der Waals surface area contributed by atoms with Crippen molar-refractivity contribution in [1.82, 2.24) is 19.3 Å². The summed E-state index contributed by atoms with van der Waals surface area (Å²) in [7, 11) is 0. The molecule has 2 aromatic heterocycles. The van der Waals surface area contributed by atoms with E-state index in [-0.39, 0.29) is 0 Å². The fourth-order valence-corrected chi connectivity index (χ4v) is 2.54. The van der Waals surface area contributed by atoms with E-state index in [9.17, 15) is 0 Å². The van der Waals surface area contributed by atoms with Crippen molar-refractivity contribution in [3.63, 3.8) is 0 Å². The van der Waals surface area contributed by atoms with Crippen molar-refractivity contribution in [2.75, 3.05) is 18.9 Å². The molecular formula is C14H23N5O. The van der Waals surface area contributed by atoms with E-state index >= 15 is 0 Å². The van der Waals surface area contributed by atoms with Gasteiger partial charge in [-0.1, -0.05) is 0 Å². The van der Waals surface area contributed by atoms with Gasteiger partial charge in [-0.25, -0.2) is 9.67 Å². The zero-order valence-corrected chi connectivity index (χ0v) is 12.3. The number of ether oxygens (including phenoxy) is 1. The lowest BCUT2D eigenvalue weighted by Gasteiger charge is -2.08. The van der Waals surface area contributed by atoms with Crippen LogP contribution in [0.1, 0.15) is 31.9 Å². The second kappa shape index (κ2) is 5.44. The summed E-state index contributed by atoms with van der Waals surface area (Å²) in [5.74, 6) is 1.40. The molecule has 2 N–H and O–H groups in total. The lowest BCUT2D eigenvalue weighted by atomic mass is 10.4. The first-order chi connectivity index (χ1) is 9.70. The van der Waals surface area contributed by atoms with E-state index in [1.165, 1.54) is 12.8 Å². The smallest absolute Gasteiger partial charge is 0.202 e. The van der Waals surface area contributed by atoms with Crippen molar-refractivity contribution in [1.29, 1.82) is 0 Å². The molecule has 0 unspecified atom stereocenters. The fraction of sp³-hybridized carbons (Fsp3) is 0.714. The van der Waals surface area contributed by atoms with Crippen molar-refractivity contribution in [2.24, 2.45) is 5.92 Å². The van der Waals surface area contributed by atoms with Crippen molar-refractivity contribution < 1.29 is 4.74 Å². The van der Waals surface area contributed by atoms with E-state index in [4.69, 9.17) is 10.5 Å². The van der Waals surface area contributed by atoms with Crippen LogP contribution in [0.25, 0.3) is 11.2 Å². The summed E-state index contributed by atoms with van der Waals surface area (Å²) in [6.07, 6.45) is 3.63. The number of hydrogen-bond donors (Lipinski definition) is 1. The number of hydrogen-bond acceptors (Lipinski definition) is 4. The zero-order valence-electron chi connectivity index (χ0n) is 12.3. The summed E-state index contributed by atoms with van der Waals surface area (Å²) in [6, 6.07) is 0. The van der Waals surface area contributed by atoms with E-state index in [1.807, 2.05) is 11.6 Å². The molecular weight excluding hydrogens is 254 g/mol. The molecule has 0 saturated heterocycles. The molecule has 1 fully saturated rings. The highest BCUT2D eigenvalue weighted by Gasteiger charge is 2.21. The maximum atomic E-state index is 6.03. The Morgan fingerprint density at radius 1 is 1.40 bits per heavy atom. The lowest BCUT2D eigenvalue weighted by Crippen LogP contribution is -2.10. The van der Waals surface area contributed by atoms with Crippen LogP contribution in [-0.2, 0) is 17.8 Å². The molecule has 0 spiro atoms. The van der Waals surface area contributed by atoms with Crippen LogP contribution < -0.4 is 5.73 Å². The van der Waals surface area contributed by atoms with E-state index in [2.05, 4.69) is 21.6 Å². The van der Waals surface area contributed by atoms with E-state index in [1.54, 1.807) is 0 Å². The molecule has 6 heteroatoms. The Balaban J connectivity index is 1.67. The minimum absolute atomic E-state index is 0.574. The monoisotopic (exact) mass is 277 g/mol. The van der Waals surface area contributed by atoms with Crippen LogP contribution in [0, 0.1) is 12.8 Å². The maximum absolute atomic E-state index is 6.03. The molecule has 110 valence electrons. The summed E-state index contributed by atoms with van der Waals surface area (Å²) < 4.78 is 9.70. The zero-order chi connectivity index (χ0) is 14.1. The van der Waals surface area contributed by atoms with Gasteiger partial charge in [0, 0.05) is 26.3 Å². The number of nitrogens with zero attached hydrogens (tertiary/aromatic N) is 4. The predicted octanol–water partition coefficient (Wildman–Crippen LogP) is 1.96. The van der Waals surface area contributed by atoms with Crippen LogP contribution >= 0.6 is 0 Å². The molecule has 1 aliphatic rings. The minimum atomic E-state index is 0.574. The molecule has 2 heterocycles. The number of imidazole rings is 1. The minimum Gasteiger partial charge on any atom is -0.381 e. The highest BCUT2D eigenvalue weighted by atomic mass is 16.5. The third-order valence-electron chi connectivity index (χ3n) is 3.85. The van der Waals surface area contributed by atoms with E-state index < -0.39 is 0 Å². The number of nitrogens with two attached hydrogens (primary N) is 1. The Kier molecular flexibility index (Phi) is 3.65. The fourth-order valence-electron chi connectivity index (χ4n) is 2.54. The molecule has 3 rings (SSSR count). The summed E-state index contributed by atoms with van der Waals surface area (Å²) >= 11 is 0. The molecule has 0 amide bonds. The van der Waals surface area contributed by atoms with Crippen LogP contribution in [0.15, 0.2) is 0 Å². The molecule has 1 aliphatic carbocycles. The third kappa shape index (κ3) is 2.52. The van der Waals surface area contributed by atoms with Crippen molar-refractivity contribution in [3.8, 4) is 0 Å². The van der Waals surface area contributed by atoms with Crippen LogP contribution in [0.4, 0.5) is 5.95 Å². The van der Waals surface area contributed by atoms with Crippen molar-refractivity contribution >= 4 is 17.1 Å². The van der Waals surface area contributed by atoms with Gasteiger partial charge >= 0.3 is 0 Å². The van der Waals surface area contributed by atoms with Gasteiger partial charge in [-0.15, -0.1) is 0 Å². The van der Waals surface area contributed by atoms with Crippen LogP contribution in [0.2, 0.25) is 0 Å². The van der Waals surface area contributed by atoms with Gasteiger partial charge in [0.25, 0.3) is 0 Å². The average molecular weight is 277 g/mol. The summed E-state index contributed by atoms with van der Waals surface area (Å²) in [4.78, 5) is 4.43. The second-order valence-corrected chi connectivity index (χ2v) is 5.57. The first kappa shape index (κ1) is 13.4. The standard InChI is InChI=1S/C14H23N5O/c1-3-19-13-12(10(2)17-19)16-14(15)18(13)7-4-8-20-9-11-5-6-11/h11H,3-9H2,1-2H3,(H2,15,16). The summed E-state index contributed by atoms with van der Waals surface area (Å²) in [5, 5.41) is 4.49. The molecule has 0 atom stereocenters. The highest BCUT2D eigenvalue weighted by Crippen LogP contribution is 2.28. The Labute approximate surface area is 118 Å². The molecule has 1 saturated carbocycles. The van der Waals surface area contributed by atoms with E-state index in [0.717, 1.165) is 55.5 Å². The molecule has 0 aliphatic heterocycles. The van der Waals surface area contributed by atoms with Gasteiger partial charge in [0.1, 0.15) is 5.52 Å². The Bertz CT molecular complexity index is 596. The van der Waals surface area contributed by atoms with Gasteiger partial charge in [0.2, 0.25) is 5.95 Å². The lowest BCUT2D eigenvalue weighted by molar-refractivity contribution is 0.119. The van der Waals surface area contributed by atoms with Gasteiger partial charge in [-0.05, 0) is 39.0 Å². The molecule has 20 heavy (non-hydrogen) atoms. The van der Waals surface area contributed by atoms with Crippen molar-refractivity contribution in [3.05, 3.63) is 5.69 Å². The first-order valence-electron chi connectivity index (χ1n) is 7.47. The summed E-state index contributed by atoms with van der Waals surface area (Å²) in [6.45, 7) is 7.42. The predicted molar refractivity (Wildman–Crippen MR) is 78.5 cm³/mol. The van der Waals surface area contributed by atoms with Crippen LogP contribution in [0.5, 0.6) is 0 Å². The van der Waals surface area contributed by atoms with Gasteiger partial charge in [0.15, 0.2) is 5.65 Å². The van der Waals surface area contributed by atoms with E-state index in [0.29, 0.717) is 5.95 Å². The maximum Gasteiger partial charge on any atom is 0.202 e. The van der Waals surface area contributed by atoms with Gasteiger partial charge in [0.05, 0.1) is 5.69 Å². The molecule has 6 nitrogen and oxygen atoms in total. The molecule has 0 radical (unpaired) electrons. The third-order valence-corrected chi connectivity index (χ3v) is 3.85. The summed E-state index contributed by atoms with van der Waals surface area (Å²) in [5.41, 5.74) is 8.93. The topological polar surface area (TPSA) is 70.9 Å². The average Bonchev–Trinajstić information content (AvgIpc) is 3.13. The van der Waals surface area contributed by atoms with Crippen LogP contribution in [-0.4, -0.2) is 32.5 Å². The number of anilines is 1. The van der Waals surface area contributed by atoms with Gasteiger partial charge < -0.3 is 10.5 Å². The highest BCUT2D eigenvalue weighted by molar-refractivity contribution is 5.77. The number of rotatable bonds is 7. The quantitative estimate of drug-likeness (QED) is 0.785. The SMILES string of the molecule is CCn1nc(C)c2nc(N)n(CCCOCC3CC3)c21. The van der Waals surface area contributed by atoms with Gasteiger partial charge in [-0.2, -0.15) is 5.10 Å². The van der Waals surface area contributed by atoms with Crippen LogP contribution in [0.3, 0.4) is 0 Å². The normalized spacial score (nSPS) is 15.3. The number of nitrogen functional groups attached to an aromatic ring is 1.